The molecule has 0 aliphatic heterocycles. The van der Waals surface area contributed by atoms with E-state index in [-0.39, 0.29) is 30.2 Å². The average molecular weight is 331 g/mol. The molecule has 128 valence electrons. The quantitative estimate of drug-likeness (QED) is 0.836. The summed E-state index contributed by atoms with van der Waals surface area (Å²) in [5, 5.41) is 2.80. The van der Waals surface area contributed by atoms with Crippen LogP contribution in [0.5, 0.6) is 5.88 Å². The molecule has 1 amide bonds. The number of pyridine rings is 1. The highest BCUT2D eigenvalue weighted by Crippen LogP contribution is 2.31. The van der Waals surface area contributed by atoms with Crippen molar-refractivity contribution in [1.82, 2.24) is 10.3 Å². The summed E-state index contributed by atoms with van der Waals surface area (Å²) in [7, 11) is 0. The Bertz CT molecular complexity index is 537. The van der Waals surface area contributed by atoms with E-state index in [2.05, 4.69) is 15.0 Å². The fourth-order valence-electron chi connectivity index (χ4n) is 2.78. The van der Waals surface area contributed by atoms with Crippen LogP contribution in [0.3, 0.4) is 0 Å². The zero-order valence-corrected chi connectivity index (χ0v) is 12.6. The number of halogens is 3. The number of aromatic nitrogens is 1. The molecular weight excluding hydrogens is 311 g/mol. The normalized spacial score (nSPS) is 21.2. The van der Waals surface area contributed by atoms with E-state index in [0.29, 0.717) is 12.1 Å². The second-order valence-electron chi connectivity index (χ2n) is 5.66. The van der Waals surface area contributed by atoms with Gasteiger partial charge in [-0.1, -0.05) is 6.42 Å². The molecule has 1 heterocycles. The van der Waals surface area contributed by atoms with Crippen molar-refractivity contribution in [3.63, 3.8) is 0 Å². The second kappa shape index (κ2) is 7.63. The predicted octanol–water partition coefficient (Wildman–Crippen LogP) is 2.01. The van der Waals surface area contributed by atoms with Crippen molar-refractivity contribution in [3.8, 4) is 5.88 Å². The van der Waals surface area contributed by atoms with E-state index in [4.69, 9.17) is 5.73 Å². The van der Waals surface area contributed by atoms with Gasteiger partial charge in [-0.15, -0.1) is 0 Å². The Balaban J connectivity index is 1.87. The van der Waals surface area contributed by atoms with Crippen molar-refractivity contribution in [2.45, 2.75) is 32.0 Å². The maximum absolute atomic E-state index is 12.2. The van der Waals surface area contributed by atoms with Crippen molar-refractivity contribution < 1.29 is 22.7 Å². The highest BCUT2D eigenvalue weighted by atomic mass is 19.4. The van der Waals surface area contributed by atoms with Crippen molar-refractivity contribution in [3.05, 3.63) is 23.9 Å². The lowest BCUT2D eigenvalue weighted by Crippen LogP contribution is -2.34. The molecule has 2 rings (SSSR count). The number of nitrogens with one attached hydrogen (secondary N) is 1. The Hall–Kier alpha value is -1.83. The molecule has 0 spiro atoms. The van der Waals surface area contributed by atoms with E-state index in [0.717, 1.165) is 19.3 Å². The van der Waals surface area contributed by atoms with E-state index in [9.17, 15) is 18.0 Å². The van der Waals surface area contributed by atoms with Gasteiger partial charge in [0.15, 0.2) is 6.61 Å². The van der Waals surface area contributed by atoms with E-state index < -0.39 is 12.8 Å². The zero-order chi connectivity index (χ0) is 16.9. The molecule has 0 aromatic carbocycles. The monoisotopic (exact) mass is 331 g/mol. The van der Waals surface area contributed by atoms with Gasteiger partial charge < -0.3 is 15.8 Å². The van der Waals surface area contributed by atoms with Gasteiger partial charge in [0, 0.05) is 24.7 Å². The van der Waals surface area contributed by atoms with Crippen LogP contribution in [0.2, 0.25) is 0 Å². The van der Waals surface area contributed by atoms with Crippen LogP contribution >= 0.6 is 0 Å². The molecule has 3 N–H and O–H groups in total. The fraction of sp³-hybridized carbons (Fsp3) is 0.600. The molecule has 0 unspecified atom stereocenters. The molecule has 0 saturated heterocycles. The molecule has 1 aliphatic carbocycles. The Morgan fingerprint density at radius 2 is 2.22 bits per heavy atom. The van der Waals surface area contributed by atoms with Gasteiger partial charge in [-0.2, -0.15) is 13.2 Å². The standard InChI is InChI=1S/C15H20F3N3O2/c16-15(17,18)9-23-13-6-10(4-5-20-13)8-21-14(22)12-3-1-2-11(12)7-19/h4-6,11-12H,1-3,7-9,19H2,(H,21,22)/t11-,12-/m1/s1. The van der Waals surface area contributed by atoms with Gasteiger partial charge in [0.25, 0.3) is 0 Å². The molecule has 8 heteroatoms. The summed E-state index contributed by atoms with van der Waals surface area (Å²) in [4.78, 5) is 15.9. The summed E-state index contributed by atoms with van der Waals surface area (Å²) in [6.07, 6.45) is -0.287. The lowest BCUT2D eigenvalue weighted by atomic mass is 9.95. The third kappa shape index (κ3) is 5.38. The van der Waals surface area contributed by atoms with Crippen LogP contribution in [-0.2, 0) is 11.3 Å². The topological polar surface area (TPSA) is 77.2 Å². The zero-order valence-electron chi connectivity index (χ0n) is 12.6. The van der Waals surface area contributed by atoms with Gasteiger partial charge in [-0.25, -0.2) is 4.98 Å². The number of alkyl halides is 3. The first-order chi connectivity index (χ1) is 10.9. The molecular formula is C15H20F3N3O2. The summed E-state index contributed by atoms with van der Waals surface area (Å²) in [6.45, 7) is -0.684. The first kappa shape index (κ1) is 17.5. The van der Waals surface area contributed by atoms with Crippen molar-refractivity contribution in [1.29, 1.82) is 0 Å². The van der Waals surface area contributed by atoms with Crippen LogP contribution in [0.1, 0.15) is 24.8 Å². The number of amides is 1. The number of carbonyl (C=O) groups is 1. The smallest absolute Gasteiger partial charge is 0.422 e. The van der Waals surface area contributed by atoms with Crippen molar-refractivity contribution >= 4 is 5.91 Å². The minimum absolute atomic E-state index is 0.0625. The number of nitrogens with two attached hydrogens (primary N) is 1. The molecule has 0 bridgehead atoms. The van der Waals surface area contributed by atoms with Gasteiger partial charge in [-0.3, -0.25) is 4.79 Å². The van der Waals surface area contributed by atoms with Crippen LogP contribution < -0.4 is 15.8 Å². The first-order valence-corrected chi connectivity index (χ1v) is 7.51. The lowest BCUT2D eigenvalue weighted by molar-refractivity contribution is -0.154. The third-order valence-corrected chi connectivity index (χ3v) is 3.95. The predicted molar refractivity (Wildman–Crippen MR) is 77.5 cm³/mol. The summed E-state index contributed by atoms with van der Waals surface area (Å²) in [5.41, 5.74) is 6.29. The van der Waals surface area contributed by atoms with Crippen LogP contribution in [0.4, 0.5) is 13.2 Å². The van der Waals surface area contributed by atoms with Gasteiger partial charge in [0.05, 0.1) is 0 Å². The molecule has 23 heavy (non-hydrogen) atoms. The minimum atomic E-state index is -4.41. The SMILES string of the molecule is NC[C@H]1CCC[C@H]1C(=O)NCc1ccnc(OCC(F)(F)F)c1. The lowest BCUT2D eigenvalue weighted by Gasteiger charge is -2.17. The summed E-state index contributed by atoms with van der Waals surface area (Å²) in [6, 6.07) is 3.01. The maximum atomic E-state index is 12.2. The van der Waals surface area contributed by atoms with Gasteiger partial charge in [0.2, 0.25) is 11.8 Å². The minimum Gasteiger partial charge on any atom is -0.468 e. The molecule has 1 aromatic rings. The van der Waals surface area contributed by atoms with Gasteiger partial charge in [0.1, 0.15) is 0 Å². The van der Waals surface area contributed by atoms with Crippen LogP contribution in [0, 0.1) is 11.8 Å². The number of nitrogens with zero attached hydrogens (tertiary/aromatic N) is 1. The Morgan fingerprint density at radius 3 is 2.91 bits per heavy atom. The number of hydrogen-bond donors (Lipinski definition) is 2. The maximum Gasteiger partial charge on any atom is 0.422 e. The largest absolute Gasteiger partial charge is 0.468 e. The van der Waals surface area contributed by atoms with Crippen LogP contribution in [0.25, 0.3) is 0 Å². The number of hydrogen-bond acceptors (Lipinski definition) is 4. The molecule has 1 aliphatic rings. The fourth-order valence-corrected chi connectivity index (χ4v) is 2.78. The van der Waals surface area contributed by atoms with E-state index in [1.165, 1.54) is 12.3 Å². The second-order valence-corrected chi connectivity index (χ2v) is 5.66. The highest BCUT2D eigenvalue weighted by molar-refractivity contribution is 5.79. The van der Waals surface area contributed by atoms with E-state index >= 15 is 0 Å². The van der Waals surface area contributed by atoms with Crippen LogP contribution in [-0.4, -0.2) is 30.2 Å². The third-order valence-electron chi connectivity index (χ3n) is 3.95. The average Bonchev–Trinajstić information content (AvgIpc) is 2.99. The van der Waals surface area contributed by atoms with Crippen molar-refractivity contribution in [2.75, 3.05) is 13.2 Å². The van der Waals surface area contributed by atoms with Crippen molar-refractivity contribution in [2.24, 2.45) is 17.6 Å². The molecule has 1 fully saturated rings. The number of carbonyl (C=O) groups excluding carboxylic acids is 1. The van der Waals surface area contributed by atoms with E-state index in [1.807, 2.05) is 0 Å². The van der Waals surface area contributed by atoms with Crippen LogP contribution in [0.15, 0.2) is 18.3 Å². The first-order valence-electron chi connectivity index (χ1n) is 7.51. The molecule has 1 saturated carbocycles. The molecule has 1 aromatic heterocycles. The van der Waals surface area contributed by atoms with Gasteiger partial charge >= 0.3 is 6.18 Å². The molecule has 5 nitrogen and oxygen atoms in total. The number of ether oxygens (including phenoxy) is 1. The number of rotatable bonds is 6. The summed E-state index contributed by atoms with van der Waals surface area (Å²) in [5.74, 6) is -0.0526. The Kier molecular flexibility index (Phi) is 5.81. The summed E-state index contributed by atoms with van der Waals surface area (Å²) < 4.78 is 40.9. The van der Waals surface area contributed by atoms with E-state index in [1.54, 1.807) is 6.07 Å². The Labute approximate surface area is 132 Å². The highest BCUT2D eigenvalue weighted by Gasteiger charge is 2.31. The molecule has 0 radical (unpaired) electrons. The Morgan fingerprint density at radius 1 is 1.43 bits per heavy atom. The molecule has 2 atom stereocenters. The summed E-state index contributed by atoms with van der Waals surface area (Å²) >= 11 is 0. The van der Waals surface area contributed by atoms with Gasteiger partial charge in [-0.05, 0) is 36.9 Å².